The van der Waals surface area contributed by atoms with Crippen LogP contribution < -0.4 is 10.6 Å². The number of carbonyl (C=O) groups is 1. The normalized spacial score (nSPS) is 17.7. The van der Waals surface area contributed by atoms with Gasteiger partial charge in [-0.25, -0.2) is 13.2 Å². The number of carbonyl (C=O) groups excluding carboxylic acids is 1. The number of amides is 2. The van der Waals surface area contributed by atoms with Crippen LogP contribution in [-0.4, -0.2) is 38.4 Å². The van der Waals surface area contributed by atoms with Crippen LogP contribution in [0.5, 0.6) is 0 Å². The molecule has 6 nitrogen and oxygen atoms in total. The van der Waals surface area contributed by atoms with Crippen molar-refractivity contribution in [1.29, 1.82) is 0 Å². The zero-order valence-corrected chi connectivity index (χ0v) is 16.0. The molecule has 0 unspecified atom stereocenters. The molecule has 1 fully saturated rings. The Hall–Kier alpha value is -1.86. The molecule has 0 atom stereocenters. The Labute approximate surface area is 155 Å². The Morgan fingerprint density at radius 3 is 2.54 bits per heavy atom. The van der Waals surface area contributed by atoms with E-state index in [2.05, 4.69) is 16.7 Å². The highest BCUT2D eigenvalue weighted by atomic mass is 32.2. The molecular weight excluding hydrogens is 350 g/mol. The average Bonchev–Trinajstić information content (AvgIpc) is 3.47. The molecule has 0 heterocycles. The third kappa shape index (κ3) is 4.86. The maximum absolute atomic E-state index is 12.5. The highest BCUT2D eigenvalue weighted by Crippen LogP contribution is 2.30. The zero-order valence-electron chi connectivity index (χ0n) is 15.2. The molecular formula is C19H27N3O3S. The van der Waals surface area contributed by atoms with Crippen molar-refractivity contribution < 1.29 is 13.2 Å². The van der Waals surface area contributed by atoms with Crippen molar-refractivity contribution in [3.8, 4) is 0 Å². The molecule has 7 heteroatoms. The lowest BCUT2D eigenvalue weighted by Crippen LogP contribution is -2.30. The molecule has 0 aromatic heterocycles. The highest BCUT2D eigenvalue weighted by Gasteiger charge is 2.34. The van der Waals surface area contributed by atoms with Gasteiger partial charge in [0, 0.05) is 25.3 Å². The largest absolute Gasteiger partial charge is 0.338 e. The average molecular weight is 378 g/mol. The Morgan fingerprint density at radius 2 is 1.92 bits per heavy atom. The van der Waals surface area contributed by atoms with Gasteiger partial charge in [-0.15, -0.1) is 0 Å². The molecule has 2 aliphatic rings. The molecule has 2 N–H and O–H groups in total. The van der Waals surface area contributed by atoms with Gasteiger partial charge in [0.15, 0.2) is 0 Å². The van der Waals surface area contributed by atoms with Crippen molar-refractivity contribution >= 4 is 21.7 Å². The number of benzene rings is 1. The standard InChI is InChI=1S/C19H27N3O3S/c1-22(17-9-10-17)26(24,25)18-11-7-16(8-12-18)21-19(23)20-14-13-15-5-3-2-4-6-15/h5,7-8,11-12,17H,2-4,6,9-10,13-14H2,1H3,(H2,20,21,23). The lowest BCUT2D eigenvalue weighted by atomic mass is 9.97. The van der Waals surface area contributed by atoms with Crippen molar-refractivity contribution in [3.05, 3.63) is 35.9 Å². The quantitative estimate of drug-likeness (QED) is 0.714. The molecule has 26 heavy (non-hydrogen) atoms. The van der Waals surface area contributed by atoms with Crippen LogP contribution in [0.4, 0.5) is 10.5 Å². The summed E-state index contributed by atoms with van der Waals surface area (Å²) in [4.78, 5) is 12.2. The molecule has 1 saturated carbocycles. The molecule has 0 aliphatic heterocycles. The molecule has 0 bridgehead atoms. The van der Waals surface area contributed by atoms with Crippen LogP contribution in [0.3, 0.4) is 0 Å². The fourth-order valence-corrected chi connectivity index (χ4v) is 4.57. The van der Waals surface area contributed by atoms with Gasteiger partial charge < -0.3 is 10.6 Å². The fourth-order valence-electron chi connectivity index (χ4n) is 3.15. The van der Waals surface area contributed by atoms with Crippen LogP contribution in [0.2, 0.25) is 0 Å². The second kappa shape index (κ2) is 8.22. The minimum atomic E-state index is -3.45. The van der Waals surface area contributed by atoms with E-state index in [4.69, 9.17) is 0 Å². The lowest BCUT2D eigenvalue weighted by molar-refractivity contribution is 0.252. The van der Waals surface area contributed by atoms with Gasteiger partial charge in [0.05, 0.1) is 4.90 Å². The lowest BCUT2D eigenvalue weighted by Gasteiger charge is -2.16. The Kier molecular flexibility index (Phi) is 5.98. The van der Waals surface area contributed by atoms with E-state index in [0.717, 1.165) is 32.1 Å². The van der Waals surface area contributed by atoms with Crippen LogP contribution in [0.1, 0.15) is 44.9 Å². The molecule has 0 saturated heterocycles. The van der Waals surface area contributed by atoms with Gasteiger partial charge >= 0.3 is 6.03 Å². The van der Waals surface area contributed by atoms with Crippen LogP contribution in [0, 0.1) is 0 Å². The van der Waals surface area contributed by atoms with Crippen molar-refractivity contribution in [2.45, 2.75) is 55.9 Å². The third-order valence-electron chi connectivity index (χ3n) is 4.97. The number of nitrogens with zero attached hydrogens (tertiary/aromatic N) is 1. The Bertz CT molecular complexity index is 768. The third-order valence-corrected chi connectivity index (χ3v) is 6.89. The van der Waals surface area contributed by atoms with Crippen LogP contribution >= 0.6 is 0 Å². The van der Waals surface area contributed by atoms with Crippen LogP contribution in [-0.2, 0) is 10.0 Å². The summed E-state index contributed by atoms with van der Waals surface area (Å²) < 4.78 is 26.4. The number of hydrogen-bond acceptors (Lipinski definition) is 3. The highest BCUT2D eigenvalue weighted by molar-refractivity contribution is 7.89. The van der Waals surface area contributed by atoms with Crippen LogP contribution in [0.25, 0.3) is 0 Å². The first-order chi connectivity index (χ1) is 12.5. The molecule has 1 aromatic carbocycles. The summed E-state index contributed by atoms with van der Waals surface area (Å²) in [6.45, 7) is 0.607. The smallest absolute Gasteiger partial charge is 0.319 e. The van der Waals surface area contributed by atoms with E-state index in [1.54, 1.807) is 19.2 Å². The van der Waals surface area contributed by atoms with Crippen molar-refractivity contribution in [2.24, 2.45) is 0 Å². The molecule has 1 aromatic rings. The van der Waals surface area contributed by atoms with Gasteiger partial charge in [0.25, 0.3) is 0 Å². The van der Waals surface area contributed by atoms with E-state index in [0.29, 0.717) is 12.2 Å². The predicted octanol–water partition coefficient (Wildman–Crippen LogP) is 3.48. The summed E-state index contributed by atoms with van der Waals surface area (Å²) in [7, 11) is -1.83. The van der Waals surface area contributed by atoms with Gasteiger partial charge in [0.2, 0.25) is 10.0 Å². The van der Waals surface area contributed by atoms with E-state index in [1.165, 1.54) is 34.9 Å². The van der Waals surface area contributed by atoms with E-state index in [9.17, 15) is 13.2 Å². The summed E-state index contributed by atoms with van der Waals surface area (Å²) in [6, 6.07) is 6.18. The van der Waals surface area contributed by atoms with E-state index in [1.807, 2.05) is 0 Å². The number of rotatable bonds is 7. The van der Waals surface area contributed by atoms with E-state index in [-0.39, 0.29) is 17.0 Å². The number of urea groups is 1. The summed E-state index contributed by atoms with van der Waals surface area (Å²) >= 11 is 0. The first kappa shape index (κ1) is 18.9. The number of anilines is 1. The number of sulfonamides is 1. The van der Waals surface area contributed by atoms with Gasteiger partial charge in [-0.1, -0.05) is 11.6 Å². The molecule has 3 rings (SSSR count). The monoisotopic (exact) mass is 377 g/mol. The fraction of sp³-hybridized carbons (Fsp3) is 0.526. The van der Waals surface area contributed by atoms with Gasteiger partial charge in [0.1, 0.15) is 0 Å². The summed E-state index contributed by atoms with van der Waals surface area (Å²) in [5.41, 5.74) is 2.00. The minimum absolute atomic E-state index is 0.128. The molecule has 0 radical (unpaired) electrons. The minimum Gasteiger partial charge on any atom is -0.338 e. The molecule has 142 valence electrons. The molecule has 0 spiro atoms. The van der Waals surface area contributed by atoms with E-state index >= 15 is 0 Å². The van der Waals surface area contributed by atoms with Crippen molar-refractivity contribution in [3.63, 3.8) is 0 Å². The van der Waals surface area contributed by atoms with Gasteiger partial charge in [-0.05, 0) is 69.2 Å². The Balaban J connectivity index is 1.49. The first-order valence-electron chi connectivity index (χ1n) is 9.28. The SMILES string of the molecule is CN(C1CC1)S(=O)(=O)c1ccc(NC(=O)NCCC2=CCCCC2)cc1. The number of allylic oxidation sites excluding steroid dienone is 1. The number of hydrogen-bond donors (Lipinski definition) is 2. The molecule has 2 aliphatic carbocycles. The van der Waals surface area contributed by atoms with Crippen LogP contribution in [0.15, 0.2) is 40.8 Å². The summed E-state index contributed by atoms with van der Waals surface area (Å²) in [5, 5.41) is 5.59. The molecule has 2 amide bonds. The second-order valence-electron chi connectivity index (χ2n) is 7.02. The predicted molar refractivity (Wildman–Crippen MR) is 103 cm³/mol. The zero-order chi connectivity index (χ0) is 18.6. The van der Waals surface area contributed by atoms with Gasteiger partial charge in [-0.3, -0.25) is 0 Å². The summed E-state index contributed by atoms with van der Waals surface area (Å²) in [6.07, 6.45) is 9.79. The second-order valence-corrected chi connectivity index (χ2v) is 9.01. The number of nitrogens with one attached hydrogen (secondary N) is 2. The van der Waals surface area contributed by atoms with Crippen molar-refractivity contribution in [2.75, 3.05) is 18.9 Å². The summed E-state index contributed by atoms with van der Waals surface area (Å²) in [5.74, 6) is 0. The first-order valence-corrected chi connectivity index (χ1v) is 10.7. The van der Waals surface area contributed by atoms with Crippen molar-refractivity contribution in [1.82, 2.24) is 9.62 Å². The Morgan fingerprint density at radius 1 is 1.19 bits per heavy atom. The maximum atomic E-state index is 12.5. The van der Waals surface area contributed by atoms with Gasteiger partial charge in [-0.2, -0.15) is 4.31 Å². The van der Waals surface area contributed by atoms with E-state index < -0.39 is 10.0 Å². The topological polar surface area (TPSA) is 78.5 Å². The maximum Gasteiger partial charge on any atom is 0.319 e.